The number of aromatic amines is 1. The van der Waals surface area contributed by atoms with E-state index in [0.717, 1.165) is 57.2 Å². The van der Waals surface area contributed by atoms with Crippen molar-refractivity contribution in [2.24, 2.45) is 11.7 Å². The average Bonchev–Trinajstić information content (AvgIpc) is 3.72. The predicted molar refractivity (Wildman–Crippen MR) is 164 cm³/mol. The maximum absolute atomic E-state index is 14.6. The first kappa shape index (κ1) is 29.4. The van der Waals surface area contributed by atoms with Crippen LogP contribution < -0.4 is 5.73 Å². The van der Waals surface area contributed by atoms with Gasteiger partial charge in [-0.1, -0.05) is 38.7 Å². The van der Waals surface area contributed by atoms with Crippen LogP contribution in [-0.4, -0.2) is 32.7 Å². The molecule has 3 heterocycles. The lowest BCUT2D eigenvalue weighted by Gasteiger charge is -2.42. The van der Waals surface area contributed by atoms with Crippen LogP contribution in [0.4, 0.5) is 0 Å². The fraction of sp³-hybridized carbons (Fsp3) is 0.441. The molecular weight excluding hydrogens is 528 g/mol. The molecule has 0 radical (unpaired) electrons. The zero-order chi connectivity index (χ0) is 30.1. The van der Waals surface area contributed by atoms with Crippen molar-refractivity contribution < 1.29 is 18.7 Å². The maximum atomic E-state index is 14.6. The molecule has 1 saturated carbocycles. The van der Waals surface area contributed by atoms with Crippen molar-refractivity contribution in [2.75, 3.05) is 0 Å². The Balaban J connectivity index is 1.65. The van der Waals surface area contributed by atoms with Gasteiger partial charge in [-0.25, -0.2) is 0 Å². The topological polar surface area (TPSA) is 127 Å². The molecule has 1 aromatic carbocycles. The second kappa shape index (κ2) is 11.7. The number of ether oxygens (including phenoxy) is 1. The van der Waals surface area contributed by atoms with Crippen molar-refractivity contribution in [1.82, 2.24) is 9.55 Å². The lowest BCUT2D eigenvalue weighted by atomic mass is 9.64. The van der Waals surface area contributed by atoms with Crippen LogP contribution in [0.15, 0.2) is 59.5 Å². The number of aryl methyl sites for hydroxylation is 1. The molecule has 1 aliphatic rings. The Morgan fingerprint density at radius 1 is 1.12 bits per heavy atom. The summed E-state index contributed by atoms with van der Waals surface area (Å²) in [7, 11) is 0. The predicted octanol–water partition coefficient (Wildman–Crippen LogP) is 7.09. The second-order valence-electron chi connectivity index (χ2n) is 12.5. The number of furan rings is 1. The van der Waals surface area contributed by atoms with E-state index in [9.17, 15) is 9.59 Å². The van der Waals surface area contributed by atoms with Gasteiger partial charge in [0.05, 0.1) is 6.26 Å². The van der Waals surface area contributed by atoms with Crippen molar-refractivity contribution in [3.8, 4) is 0 Å². The number of H-pyrrole nitrogens is 1. The molecule has 8 nitrogen and oxygen atoms in total. The number of esters is 1. The first-order chi connectivity index (χ1) is 20.1. The normalized spacial score (nSPS) is 15.9. The number of rotatable bonds is 10. The highest BCUT2D eigenvalue weighted by atomic mass is 16.6. The lowest BCUT2D eigenvalue weighted by Crippen LogP contribution is -2.49. The Morgan fingerprint density at radius 3 is 2.57 bits per heavy atom. The molecule has 0 saturated heterocycles. The third kappa shape index (κ3) is 5.42. The standard InChI is InChI=1S/C34H42N4O4/c1-5-6-16-38-17-10-13-28(38)34(25-11-8-7-9-12-25,32(40)42-33(2,3)4)27-19-23(20-37-27)29(39)30-26-15-14-22(31(35)36)18-24(26)21-41-30/h10,13-15,17-21,25,37H,5-9,11-12,16H2,1-4H3,(H3,35,36). The van der Waals surface area contributed by atoms with E-state index >= 15 is 0 Å². The highest BCUT2D eigenvalue weighted by Gasteiger charge is 2.53. The number of benzene rings is 1. The van der Waals surface area contributed by atoms with Gasteiger partial charge in [-0.05, 0) is 76.3 Å². The van der Waals surface area contributed by atoms with E-state index in [1.54, 1.807) is 24.4 Å². The summed E-state index contributed by atoms with van der Waals surface area (Å²) >= 11 is 0. The highest BCUT2D eigenvalue weighted by Crippen LogP contribution is 2.48. The van der Waals surface area contributed by atoms with Gasteiger partial charge in [0, 0.05) is 52.2 Å². The first-order valence-electron chi connectivity index (χ1n) is 15.0. The van der Waals surface area contributed by atoms with Gasteiger partial charge >= 0.3 is 5.97 Å². The third-order valence-corrected chi connectivity index (χ3v) is 8.41. The van der Waals surface area contributed by atoms with Crippen LogP contribution in [0.3, 0.4) is 0 Å². The number of ketones is 1. The van der Waals surface area contributed by atoms with Crippen LogP contribution >= 0.6 is 0 Å². The molecular formula is C34H42N4O4. The minimum absolute atomic E-state index is 0.00687. The number of aromatic nitrogens is 2. The van der Waals surface area contributed by atoms with Crippen LogP contribution in [0.1, 0.15) is 106 Å². The summed E-state index contributed by atoms with van der Waals surface area (Å²) in [6, 6.07) is 11.1. The number of nitrogens with two attached hydrogens (primary N) is 1. The number of hydrogen-bond donors (Lipinski definition) is 3. The second-order valence-corrected chi connectivity index (χ2v) is 12.5. The first-order valence-corrected chi connectivity index (χ1v) is 15.0. The number of nitrogens with one attached hydrogen (secondary N) is 2. The van der Waals surface area contributed by atoms with Gasteiger partial charge in [-0.15, -0.1) is 0 Å². The van der Waals surface area contributed by atoms with Crippen LogP contribution in [-0.2, 0) is 21.5 Å². The van der Waals surface area contributed by atoms with Gasteiger partial charge < -0.3 is 24.4 Å². The Bertz CT molecular complexity index is 1590. The number of amidine groups is 1. The quantitative estimate of drug-likeness (QED) is 0.0812. The van der Waals surface area contributed by atoms with Crippen LogP contribution in [0.5, 0.6) is 0 Å². The molecule has 3 aromatic heterocycles. The fourth-order valence-electron chi connectivity index (χ4n) is 6.42. The third-order valence-electron chi connectivity index (χ3n) is 8.41. The smallest absolute Gasteiger partial charge is 0.324 e. The highest BCUT2D eigenvalue weighted by molar-refractivity contribution is 6.15. The van der Waals surface area contributed by atoms with E-state index in [1.165, 1.54) is 6.26 Å². The van der Waals surface area contributed by atoms with Crippen LogP contribution in [0, 0.1) is 11.3 Å². The molecule has 0 bridgehead atoms. The van der Waals surface area contributed by atoms with Gasteiger partial charge in [0.15, 0.2) is 11.2 Å². The minimum atomic E-state index is -1.11. The Kier molecular flexibility index (Phi) is 8.17. The summed E-state index contributed by atoms with van der Waals surface area (Å²) in [5.41, 5.74) is 6.40. The molecule has 0 spiro atoms. The average molecular weight is 571 g/mol. The SMILES string of the molecule is CCCCn1cccc1C(C(=O)OC(C)(C)C)(c1cc(C(=O)c2occ3cc(C(=N)N)ccc23)c[nH]1)C1CCCCC1. The largest absolute Gasteiger partial charge is 0.460 e. The molecule has 1 atom stereocenters. The molecule has 1 fully saturated rings. The van der Waals surface area contributed by atoms with Crippen molar-refractivity contribution in [3.05, 3.63) is 83.3 Å². The molecule has 0 aliphatic heterocycles. The van der Waals surface area contributed by atoms with Crippen molar-refractivity contribution in [2.45, 2.75) is 90.2 Å². The monoisotopic (exact) mass is 570 g/mol. The van der Waals surface area contributed by atoms with E-state index in [-0.39, 0.29) is 29.3 Å². The Hall–Kier alpha value is -4.07. The van der Waals surface area contributed by atoms with Crippen molar-refractivity contribution in [1.29, 1.82) is 5.41 Å². The van der Waals surface area contributed by atoms with Gasteiger partial charge in [0.25, 0.3) is 0 Å². The molecule has 4 aromatic rings. The Labute approximate surface area is 247 Å². The number of nitrogen functional groups attached to an aromatic ring is 1. The van der Waals surface area contributed by atoms with Crippen LogP contribution in [0.25, 0.3) is 10.8 Å². The number of carbonyl (C=O) groups excluding carboxylic acids is 2. The van der Waals surface area contributed by atoms with E-state index in [0.29, 0.717) is 27.6 Å². The van der Waals surface area contributed by atoms with Gasteiger partial charge in [-0.2, -0.15) is 0 Å². The Morgan fingerprint density at radius 2 is 1.88 bits per heavy atom. The summed E-state index contributed by atoms with van der Waals surface area (Å²) in [4.78, 5) is 31.8. The van der Waals surface area contributed by atoms with Crippen molar-refractivity contribution in [3.63, 3.8) is 0 Å². The lowest BCUT2D eigenvalue weighted by molar-refractivity contribution is -0.163. The minimum Gasteiger partial charge on any atom is -0.460 e. The number of unbranched alkanes of at least 4 members (excludes halogenated alkanes) is 1. The van der Waals surface area contributed by atoms with E-state index in [2.05, 4.69) is 16.5 Å². The summed E-state index contributed by atoms with van der Waals surface area (Å²) in [5.74, 6) is -0.415. The zero-order valence-electron chi connectivity index (χ0n) is 25.1. The molecule has 5 rings (SSSR count). The zero-order valence-corrected chi connectivity index (χ0v) is 25.1. The molecule has 1 unspecified atom stereocenters. The fourth-order valence-corrected chi connectivity index (χ4v) is 6.42. The summed E-state index contributed by atoms with van der Waals surface area (Å²) in [5, 5.41) is 9.06. The molecule has 42 heavy (non-hydrogen) atoms. The number of hydrogen-bond acceptors (Lipinski definition) is 5. The van der Waals surface area contributed by atoms with Gasteiger partial charge in [0.2, 0.25) is 5.78 Å². The van der Waals surface area contributed by atoms with E-state index < -0.39 is 11.0 Å². The molecule has 0 amide bonds. The number of nitrogens with zero attached hydrogens (tertiary/aromatic N) is 1. The van der Waals surface area contributed by atoms with Gasteiger partial charge in [-0.3, -0.25) is 15.0 Å². The summed E-state index contributed by atoms with van der Waals surface area (Å²) in [6.45, 7) is 8.65. The number of carbonyl (C=O) groups is 2. The molecule has 1 aliphatic carbocycles. The summed E-state index contributed by atoms with van der Waals surface area (Å²) < 4.78 is 14.2. The molecule has 4 N–H and O–H groups in total. The van der Waals surface area contributed by atoms with Gasteiger partial charge in [0.1, 0.15) is 11.4 Å². The van der Waals surface area contributed by atoms with E-state index in [1.807, 2.05) is 45.2 Å². The van der Waals surface area contributed by atoms with E-state index in [4.69, 9.17) is 20.3 Å². The summed E-state index contributed by atoms with van der Waals surface area (Å²) in [6.07, 6.45) is 12.3. The molecule has 8 heteroatoms. The van der Waals surface area contributed by atoms with Crippen LogP contribution in [0.2, 0.25) is 0 Å². The maximum Gasteiger partial charge on any atom is 0.324 e. The molecule has 222 valence electrons. The number of fused-ring (bicyclic) bond motifs is 1. The van der Waals surface area contributed by atoms with Crippen molar-refractivity contribution >= 4 is 28.4 Å².